The van der Waals surface area contributed by atoms with Gasteiger partial charge in [0.2, 0.25) is 0 Å². The minimum atomic E-state index is -0.352. The van der Waals surface area contributed by atoms with Crippen LogP contribution in [0.3, 0.4) is 0 Å². The van der Waals surface area contributed by atoms with Gasteiger partial charge >= 0.3 is 5.97 Å². The van der Waals surface area contributed by atoms with Gasteiger partial charge in [-0.15, -0.1) is 5.48 Å². The van der Waals surface area contributed by atoms with Gasteiger partial charge in [0, 0.05) is 19.8 Å². The summed E-state index contributed by atoms with van der Waals surface area (Å²) in [6.07, 6.45) is 0. The zero-order chi connectivity index (χ0) is 11.9. The number of nitrogens with zero attached hydrogens (tertiary/aromatic N) is 1. The van der Waals surface area contributed by atoms with Crippen molar-refractivity contribution in [2.75, 3.05) is 19.0 Å². The number of hydrogen-bond acceptors (Lipinski definition) is 4. The number of hydrogen-bond donors (Lipinski definition) is 1. The van der Waals surface area contributed by atoms with Crippen LogP contribution in [0.25, 0.3) is 0 Å². The minimum absolute atomic E-state index is 0.320. The van der Waals surface area contributed by atoms with Crippen molar-refractivity contribution in [3.05, 3.63) is 29.3 Å². The summed E-state index contributed by atoms with van der Waals surface area (Å²) in [5.41, 5.74) is 5.08. The van der Waals surface area contributed by atoms with E-state index in [1.807, 2.05) is 51.0 Å². The molecule has 1 N–H and O–H groups in total. The number of anilines is 1. The molecule has 0 spiro atoms. The fourth-order valence-electron chi connectivity index (χ4n) is 1.79. The van der Waals surface area contributed by atoms with Crippen molar-refractivity contribution in [3.8, 4) is 0 Å². The van der Waals surface area contributed by atoms with Gasteiger partial charge in [-0.3, -0.25) is 0 Å². The van der Waals surface area contributed by atoms with Crippen LogP contribution in [0.5, 0.6) is 0 Å². The molecule has 0 aliphatic carbocycles. The van der Waals surface area contributed by atoms with Crippen LogP contribution in [-0.2, 0) is 10.4 Å². The summed E-state index contributed by atoms with van der Waals surface area (Å²) >= 11 is 0. The lowest BCUT2D eigenvalue weighted by molar-refractivity contribution is -0.00800. The predicted molar refractivity (Wildman–Crippen MR) is 62.3 cm³/mol. The van der Waals surface area contributed by atoms with Crippen LogP contribution in [0.2, 0.25) is 0 Å². The Kier molecular flexibility index (Phi) is 2.39. The van der Waals surface area contributed by atoms with Crippen LogP contribution in [0.15, 0.2) is 18.2 Å². The van der Waals surface area contributed by atoms with Crippen molar-refractivity contribution < 1.29 is 9.63 Å². The molecule has 4 heteroatoms. The number of rotatable bonds is 1. The Labute approximate surface area is 95.2 Å². The Morgan fingerprint density at radius 3 is 2.62 bits per heavy atom. The first-order chi connectivity index (χ1) is 7.42. The topological polar surface area (TPSA) is 41.6 Å². The third-order valence-corrected chi connectivity index (χ3v) is 2.81. The van der Waals surface area contributed by atoms with Gasteiger partial charge in [-0.1, -0.05) is 0 Å². The molecule has 0 radical (unpaired) electrons. The first-order valence-electron chi connectivity index (χ1n) is 5.22. The second-order valence-corrected chi connectivity index (χ2v) is 4.74. The van der Waals surface area contributed by atoms with Gasteiger partial charge in [0.25, 0.3) is 0 Å². The monoisotopic (exact) mass is 220 g/mol. The van der Waals surface area contributed by atoms with E-state index in [0.717, 1.165) is 11.3 Å². The number of carbonyl (C=O) groups excluding carboxylic acids is 1. The molecule has 0 saturated heterocycles. The van der Waals surface area contributed by atoms with E-state index in [2.05, 4.69) is 5.48 Å². The summed E-state index contributed by atoms with van der Waals surface area (Å²) in [6, 6.07) is 5.75. The molecule has 86 valence electrons. The molecule has 0 fully saturated rings. The largest absolute Gasteiger partial charge is 0.378 e. The second-order valence-electron chi connectivity index (χ2n) is 4.74. The van der Waals surface area contributed by atoms with Crippen molar-refractivity contribution in [3.63, 3.8) is 0 Å². The normalized spacial score (nSPS) is 17.6. The number of carbonyl (C=O) groups is 1. The van der Waals surface area contributed by atoms with Crippen LogP contribution in [-0.4, -0.2) is 20.1 Å². The van der Waals surface area contributed by atoms with Crippen molar-refractivity contribution in [2.24, 2.45) is 0 Å². The smallest absolute Gasteiger partial charge is 0.357 e. The number of nitrogens with one attached hydrogen (secondary N) is 1. The van der Waals surface area contributed by atoms with Crippen molar-refractivity contribution in [1.29, 1.82) is 0 Å². The van der Waals surface area contributed by atoms with Gasteiger partial charge in [-0.2, -0.15) is 0 Å². The molecule has 0 bridgehead atoms. The van der Waals surface area contributed by atoms with Gasteiger partial charge in [-0.25, -0.2) is 4.79 Å². The van der Waals surface area contributed by atoms with Gasteiger partial charge in [-0.05, 0) is 37.6 Å². The first kappa shape index (κ1) is 11.0. The first-order valence-corrected chi connectivity index (χ1v) is 5.22. The summed E-state index contributed by atoms with van der Waals surface area (Å²) in [5, 5.41) is 0. The molecule has 4 nitrogen and oxygen atoms in total. The lowest BCUT2D eigenvalue weighted by Crippen LogP contribution is -2.43. The van der Waals surface area contributed by atoms with Crippen LogP contribution < -0.4 is 10.4 Å². The molecule has 0 saturated carbocycles. The van der Waals surface area contributed by atoms with E-state index in [4.69, 9.17) is 4.84 Å². The van der Waals surface area contributed by atoms with E-state index in [9.17, 15) is 4.79 Å². The summed E-state index contributed by atoms with van der Waals surface area (Å²) in [4.78, 5) is 18.5. The fraction of sp³-hybridized carbons (Fsp3) is 0.417. The molecule has 1 aromatic rings. The second kappa shape index (κ2) is 3.49. The highest BCUT2D eigenvalue weighted by molar-refractivity contribution is 5.93. The zero-order valence-corrected chi connectivity index (χ0v) is 10.00. The van der Waals surface area contributed by atoms with Gasteiger partial charge in [0.15, 0.2) is 0 Å². The standard InChI is InChI=1S/C12H16N2O2/c1-12(2)10-7-8(14(3)4)5-6-9(10)11(15)16-13-12/h5-7,13H,1-4H3. The van der Waals surface area contributed by atoms with Crippen molar-refractivity contribution >= 4 is 11.7 Å². The predicted octanol–water partition coefficient (Wildman–Crippen LogP) is 1.66. The third-order valence-electron chi connectivity index (χ3n) is 2.81. The van der Waals surface area contributed by atoms with Crippen LogP contribution in [0.1, 0.15) is 29.8 Å². The van der Waals surface area contributed by atoms with Crippen LogP contribution in [0.4, 0.5) is 5.69 Å². The Morgan fingerprint density at radius 1 is 1.31 bits per heavy atom. The molecule has 16 heavy (non-hydrogen) atoms. The maximum Gasteiger partial charge on any atom is 0.357 e. The van der Waals surface area contributed by atoms with E-state index in [1.54, 1.807) is 0 Å². The van der Waals surface area contributed by atoms with Crippen molar-refractivity contribution in [1.82, 2.24) is 5.48 Å². The Morgan fingerprint density at radius 2 is 2.00 bits per heavy atom. The van der Waals surface area contributed by atoms with Gasteiger partial charge in [0.1, 0.15) is 0 Å². The van der Waals surface area contributed by atoms with E-state index in [-0.39, 0.29) is 11.5 Å². The van der Waals surface area contributed by atoms with Gasteiger partial charge in [0.05, 0.1) is 11.1 Å². The maximum absolute atomic E-state index is 11.6. The summed E-state index contributed by atoms with van der Waals surface area (Å²) in [6.45, 7) is 3.97. The summed E-state index contributed by atoms with van der Waals surface area (Å²) in [5.74, 6) is -0.320. The lowest BCUT2D eigenvalue weighted by Gasteiger charge is -2.32. The molecule has 0 aromatic heterocycles. The van der Waals surface area contributed by atoms with Crippen LogP contribution >= 0.6 is 0 Å². The molecule has 1 aromatic carbocycles. The SMILES string of the molecule is CN(C)c1ccc2c(c1)C(C)(C)NOC2=O. The molecule has 0 amide bonds. The molecular formula is C12H16N2O2. The van der Waals surface area contributed by atoms with E-state index < -0.39 is 0 Å². The lowest BCUT2D eigenvalue weighted by atomic mass is 9.89. The number of benzene rings is 1. The molecule has 1 heterocycles. The maximum atomic E-state index is 11.6. The minimum Gasteiger partial charge on any atom is -0.378 e. The Hall–Kier alpha value is -1.55. The fourth-order valence-corrected chi connectivity index (χ4v) is 1.79. The molecule has 1 aliphatic rings. The molecule has 1 aliphatic heterocycles. The Balaban J connectivity index is 2.58. The third kappa shape index (κ3) is 1.65. The zero-order valence-electron chi connectivity index (χ0n) is 10.00. The van der Waals surface area contributed by atoms with Crippen LogP contribution in [0, 0.1) is 0 Å². The summed E-state index contributed by atoms with van der Waals surface area (Å²) in [7, 11) is 3.95. The highest BCUT2D eigenvalue weighted by Gasteiger charge is 2.33. The highest BCUT2D eigenvalue weighted by atomic mass is 16.7. The van der Waals surface area contributed by atoms with E-state index >= 15 is 0 Å². The number of fused-ring (bicyclic) bond motifs is 1. The van der Waals surface area contributed by atoms with E-state index in [0.29, 0.717) is 5.56 Å². The van der Waals surface area contributed by atoms with Gasteiger partial charge < -0.3 is 9.74 Å². The number of hydroxylamine groups is 1. The average Bonchev–Trinajstić information content (AvgIpc) is 2.23. The molecular weight excluding hydrogens is 204 g/mol. The quantitative estimate of drug-likeness (QED) is 0.781. The van der Waals surface area contributed by atoms with E-state index in [1.165, 1.54) is 0 Å². The molecule has 0 atom stereocenters. The highest BCUT2D eigenvalue weighted by Crippen LogP contribution is 2.31. The summed E-state index contributed by atoms with van der Waals surface area (Å²) < 4.78 is 0. The molecule has 2 rings (SSSR count). The Bertz CT molecular complexity index is 439. The molecule has 0 unspecified atom stereocenters. The van der Waals surface area contributed by atoms with Crippen molar-refractivity contribution in [2.45, 2.75) is 19.4 Å². The average molecular weight is 220 g/mol.